The Morgan fingerprint density at radius 3 is 2.30 bits per heavy atom. The maximum atomic E-state index is 12.4. The lowest BCUT2D eigenvalue weighted by Crippen LogP contribution is -2.40. The molecule has 0 heterocycles. The van der Waals surface area contributed by atoms with E-state index in [1.165, 1.54) is 17.0 Å². The number of hydrogen-bond acceptors (Lipinski definition) is 5. The molecule has 0 fully saturated rings. The summed E-state index contributed by atoms with van der Waals surface area (Å²) in [5.74, 6) is 0.228. The molecule has 8 nitrogen and oxygen atoms in total. The van der Waals surface area contributed by atoms with E-state index < -0.39 is 15.9 Å². The highest BCUT2D eigenvalue weighted by Crippen LogP contribution is 2.19. The fourth-order valence-electron chi connectivity index (χ4n) is 3.18. The molecule has 0 aliphatic rings. The summed E-state index contributed by atoms with van der Waals surface area (Å²) in [5, 5.41) is 2.78. The number of rotatable bonds is 11. The van der Waals surface area contributed by atoms with Crippen LogP contribution >= 0.6 is 0 Å². The average Bonchev–Trinajstić information content (AvgIpc) is 2.73. The predicted octanol–water partition coefficient (Wildman–Crippen LogP) is 2.69. The Hall–Kier alpha value is -3.07. The molecule has 2 aromatic rings. The second-order valence-electron chi connectivity index (χ2n) is 8.28. The van der Waals surface area contributed by atoms with Crippen LogP contribution in [0.4, 0.5) is 5.69 Å². The summed E-state index contributed by atoms with van der Waals surface area (Å²) < 4.78 is 31.3. The first kappa shape index (κ1) is 26.2. The Morgan fingerprint density at radius 1 is 1.06 bits per heavy atom. The summed E-state index contributed by atoms with van der Waals surface area (Å²) in [6.07, 6.45) is 2.61. The Labute approximate surface area is 196 Å². The number of nitrogens with zero attached hydrogens (tertiary/aromatic N) is 2. The highest BCUT2D eigenvalue weighted by atomic mass is 32.2. The number of amides is 2. The number of hydrogen-bond donors (Lipinski definition) is 1. The van der Waals surface area contributed by atoms with E-state index in [1.807, 2.05) is 38.1 Å². The maximum Gasteiger partial charge on any atom is 0.253 e. The molecule has 0 radical (unpaired) electrons. The Bertz CT molecular complexity index is 1050. The highest BCUT2D eigenvalue weighted by molar-refractivity contribution is 7.92. The molecule has 0 unspecified atom stereocenters. The van der Waals surface area contributed by atoms with E-state index in [9.17, 15) is 18.0 Å². The van der Waals surface area contributed by atoms with E-state index in [0.29, 0.717) is 24.2 Å². The summed E-state index contributed by atoms with van der Waals surface area (Å²) in [7, 11) is -0.411. The van der Waals surface area contributed by atoms with Gasteiger partial charge in [0, 0.05) is 26.2 Å². The minimum absolute atomic E-state index is 0.0991. The van der Waals surface area contributed by atoms with Gasteiger partial charge >= 0.3 is 0 Å². The molecule has 9 heteroatoms. The Morgan fingerprint density at radius 2 is 1.73 bits per heavy atom. The number of aryl methyl sites for hydroxylation is 1. The van der Waals surface area contributed by atoms with Crippen LogP contribution in [0, 0.1) is 0 Å². The monoisotopic (exact) mass is 475 g/mol. The van der Waals surface area contributed by atoms with Gasteiger partial charge in [-0.05, 0) is 68.7 Å². The number of ether oxygens (including phenoxy) is 1. The summed E-state index contributed by atoms with van der Waals surface area (Å²) in [4.78, 5) is 25.9. The minimum Gasteiger partial charge on any atom is -0.491 e. The van der Waals surface area contributed by atoms with Crippen LogP contribution in [-0.2, 0) is 21.2 Å². The molecule has 0 saturated heterocycles. The topological polar surface area (TPSA) is 96.0 Å². The lowest BCUT2D eigenvalue weighted by Gasteiger charge is -2.22. The standard InChI is InChI=1S/C24H33N3O5S/c1-18(2)32-22-10-6-8-19(16-22)9-7-15-25-23(28)17-27(33(5,30)31)21-13-11-20(12-14-21)24(29)26(3)4/h6,8,10-14,16,18H,7,9,15,17H2,1-5H3,(H,25,28). The molecule has 0 aromatic heterocycles. The van der Waals surface area contributed by atoms with Gasteiger partial charge in [-0.25, -0.2) is 8.42 Å². The van der Waals surface area contributed by atoms with Gasteiger partial charge in [0.2, 0.25) is 15.9 Å². The summed E-state index contributed by atoms with van der Waals surface area (Å²) >= 11 is 0. The van der Waals surface area contributed by atoms with Gasteiger partial charge in [0.25, 0.3) is 5.91 Å². The third-order valence-corrected chi connectivity index (χ3v) is 5.87. The van der Waals surface area contributed by atoms with Gasteiger partial charge in [0.05, 0.1) is 18.0 Å². The van der Waals surface area contributed by atoms with Crippen molar-refractivity contribution in [2.75, 3.05) is 37.7 Å². The van der Waals surface area contributed by atoms with Crippen molar-refractivity contribution in [2.45, 2.75) is 32.8 Å². The van der Waals surface area contributed by atoms with Crippen LogP contribution in [0.15, 0.2) is 48.5 Å². The zero-order chi connectivity index (χ0) is 24.6. The maximum absolute atomic E-state index is 12.4. The normalized spacial score (nSPS) is 11.2. The van der Waals surface area contributed by atoms with Crippen LogP contribution in [0.3, 0.4) is 0 Å². The molecule has 180 valence electrons. The molecule has 2 aromatic carbocycles. The van der Waals surface area contributed by atoms with Crippen molar-refractivity contribution in [2.24, 2.45) is 0 Å². The number of carbonyl (C=O) groups excluding carboxylic acids is 2. The van der Waals surface area contributed by atoms with Crippen LogP contribution in [0.2, 0.25) is 0 Å². The van der Waals surface area contributed by atoms with E-state index in [4.69, 9.17) is 4.74 Å². The molecular formula is C24H33N3O5S. The van der Waals surface area contributed by atoms with Crippen molar-refractivity contribution in [3.8, 4) is 5.75 Å². The first-order valence-electron chi connectivity index (χ1n) is 10.8. The first-order valence-corrected chi connectivity index (χ1v) is 12.6. The van der Waals surface area contributed by atoms with E-state index in [0.717, 1.165) is 28.3 Å². The van der Waals surface area contributed by atoms with Crippen molar-refractivity contribution in [3.63, 3.8) is 0 Å². The molecule has 0 spiro atoms. The molecule has 0 aliphatic carbocycles. The minimum atomic E-state index is -3.69. The smallest absolute Gasteiger partial charge is 0.253 e. The molecule has 0 saturated carbocycles. The fraction of sp³-hybridized carbons (Fsp3) is 0.417. The summed E-state index contributed by atoms with van der Waals surface area (Å²) in [5.41, 5.74) is 1.86. The summed E-state index contributed by atoms with van der Waals surface area (Å²) in [6.45, 7) is 4.03. The van der Waals surface area contributed by atoms with Gasteiger partial charge in [-0.2, -0.15) is 0 Å². The van der Waals surface area contributed by atoms with Crippen molar-refractivity contribution in [3.05, 3.63) is 59.7 Å². The van der Waals surface area contributed by atoms with Gasteiger partial charge in [-0.15, -0.1) is 0 Å². The van der Waals surface area contributed by atoms with Crippen LogP contribution < -0.4 is 14.4 Å². The lowest BCUT2D eigenvalue weighted by atomic mass is 10.1. The third-order valence-electron chi connectivity index (χ3n) is 4.73. The number of anilines is 1. The van der Waals surface area contributed by atoms with E-state index >= 15 is 0 Å². The van der Waals surface area contributed by atoms with Gasteiger partial charge in [-0.3, -0.25) is 13.9 Å². The first-order chi connectivity index (χ1) is 15.5. The molecule has 0 bridgehead atoms. The Balaban J connectivity index is 1.92. The number of carbonyl (C=O) groups is 2. The van der Waals surface area contributed by atoms with Gasteiger partial charge in [0.1, 0.15) is 12.3 Å². The molecule has 33 heavy (non-hydrogen) atoms. The second kappa shape index (κ2) is 11.7. The molecule has 2 rings (SSSR count). The van der Waals surface area contributed by atoms with Crippen molar-refractivity contribution in [1.82, 2.24) is 10.2 Å². The van der Waals surface area contributed by atoms with Crippen molar-refractivity contribution < 1.29 is 22.7 Å². The van der Waals surface area contributed by atoms with Gasteiger partial charge < -0.3 is 15.0 Å². The third kappa shape index (κ3) is 8.42. The van der Waals surface area contributed by atoms with Crippen molar-refractivity contribution in [1.29, 1.82) is 0 Å². The SMILES string of the molecule is CC(C)Oc1cccc(CCCNC(=O)CN(c2ccc(C(=O)N(C)C)cc2)S(C)(=O)=O)c1. The number of nitrogens with one attached hydrogen (secondary N) is 1. The number of sulfonamides is 1. The molecule has 0 atom stereocenters. The molecule has 2 amide bonds. The lowest BCUT2D eigenvalue weighted by molar-refractivity contribution is -0.119. The van der Waals surface area contributed by atoms with E-state index in [2.05, 4.69) is 5.32 Å². The molecule has 1 N–H and O–H groups in total. The van der Waals surface area contributed by atoms with Crippen LogP contribution in [-0.4, -0.2) is 64.7 Å². The van der Waals surface area contributed by atoms with E-state index in [-0.39, 0.29) is 18.6 Å². The van der Waals surface area contributed by atoms with E-state index in [1.54, 1.807) is 26.2 Å². The largest absolute Gasteiger partial charge is 0.491 e. The van der Waals surface area contributed by atoms with Crippen LogP contribution in [0.25, 0.3) is 0 Å². The van der Waals surface area contributed by atoms with Crippen molar-refractivity contribution >= 4 is 27.5 Å². The number of benzene rings is 2. The zero-order valence-electron chi connectivity index (χ0n) is 19.9. The Kier molecular flexibility index (Phi) is 9.28. The zero-order valence-corrected chi connectivity index (χ0v) is 20.7. The predicted molar refractivity (Wildman–Crippen MR) is 130 cm³/mol. The summed E-state index contributed by atoms with van der Waals surface area (Å²) in [6, 6.07) is 14.0. The molecule has 0 aliphatic heterocycles. The quantitative estimate of drug-likeness (QED) is 0.504. The second-order valence-corrected chi connectivity index (χ2v) is 10.2. The fourth-order valence-corrected chi connectivity index (χ4v) is 4.04. The highest BCUT2D eigenvalue weighted by Gasteiger charge is 2.21. The molecular weight excluding hydrogens is 442 g/mol. The van der Waals surface area contributed by atoms with Gasteiger partial charge in [-0.1, -0.05) is 12.1 Å². The van der Waals surface area contributed by atoms with Gasteiger partial charge in [0.15, 0.2) is 0 Å². The average molecular weight is 476 g/mol. The van der Waals surface area contributed by atoms with Crippen LogP contribution in [0.5, 0.6) is 5.75 Å². The van der Waals surface area contributed by atoms with Crippen LogP contribution in [0.1, 0.15) is 36.2 Å².